The molecule has 0 spiro atoms. The lowest BCUT2D eigenvalue weighted by Crippen LogP contribution is -2.38. The number of rotatable bonds is 3. The zero-order chi connectivity index (χ0) is 19.9. The summed E-state index contributed by atoms with van der Waals surface area (Å²) in [7, 11) is 0. The van der Waals surface area contributed by atoms with Crippen LogP contribution >= 0.6 is 11.6 Å². The fourth-order valence-corrected chi connectivity index (χ4v) is 2.92. The summed E-state index contributed by atoms with van der Waals surface area (Å²) in [5.74, 6) is 0.181. The molecule has 144 valence electrons. The van der Waals surface area contributed by atoms with Gasteiger partial charge in [-0.2, -0.15) is 18.2 Å². The maximum atomic E-state index is 12.9. The summed E-state index contributed by atoms with van der Waals surface area (Å²) >= 11 is 5.93. The van der Waals surface area contributed by atoms with Crippen molar-refractivity contribution in [2.24, 2.45) is 0 Å². The zero-order valence-corrected chi connectivity index (χ0v) is 14.8. The van der Waals surface area contributed by atoms with Crippen LogP contribution in [0.3, 0.4) is 0 Å². The lowest BCUT2D eigenvalue weighted by molar-refractivity contribution is -0.137. The van der Waals surface area contributed by atoms with E-state index in [-0.39, 0.29) is 36.3 Å². The minimum Gasteiger partial charge on any atom is -0.482 e. The lowest BCUT2D eigenvalue weighted by Gasteiger charge is -2.28. The first-order valence-electron chi connectivity index (χ1n) is 8.04. The van der Waals surface area contributed by atoms with Crippen LogP contribution in [0.4, 0.5) is 18.9 Å². The van der Waals surface area contributed by atoms with Gasteiger partial charge in [0.25, 0.3) is 5.91 Å². The predicted octanol–water partition coefficient (Wildman–Crippen LogP) is 4.33. The van der Waals surface area contributed by atoms with Crippen molar-refractivity contribution in [1.82, 2.24) is 10.1 Å². The Labute approximate surface area is 161 Å². The van der Waals surface area contributed by atoms with E-state index in [1.165, 1.54) is 17.0 Å². The van der Waals surface area contributed by atoms with Crippen LogP contribution in [-0.2, 0) is 17.5 Å². The van der Waals surface area contributed by atoms with E-state index in [0.717, 1.165) is 12.1 Å². The van der Waals surface area contributed by atoms with Gasteiger partial charge in [0.1, 0.15) is 12.3 Å². The predicted molar refractivity (Wildman–Crippen MR) is 92.9 cm³/mol. The van der Waals surface area contributed by atoms with Crippen molar-refractivity contribution >= 4 is 23.2 Å². The molecule has 6 nitrogen and oxygen atoms in total. The molecule has 0 fully saturated rings. The second-order valence-electron chi connectivity index (χ2n) is 5.97. The van der Waals surface area contributed by atoms with Gasteiger partial charge in [-0.15, -0.1) is 0 Å². The van der Waals surface area contributed by atoms with Gasteiger partial charge in [0.15, 0.2) is 6.61 Å². The third-order valence-corrected chi connectivity index (χ3v) is 4.31. The first kappa shape index (κ1) is 18.3. The highest BCUT2D eigenvalue weighted by molar-refractivity contribution is 6.30. The lowest BCUT2D eigenvalue weighted by atomic mass is 10.1. The Morgan fingerprint density at radius 1 is 1.18 bits per heavy atom. The number of carbonyl (C=O) groups is 1. The number of benzene rings is 2. The average Bonchev–Trinajstić information content (AvgIpc) is 3.12. The average molecular weight is 410 g/mol. The highest BCUT2D eigenvalue weighted by Crippen LogP contribution is 2.35. The molecule has 0 aliphatic carbocycles. The summed E-state index contributed by atoms with van der Waals surface area (Å²) in [6, 6.07) is 9.42. The Kier molecular flexibility index (Phi) is 4.46. The van der Waals surface area contributed by atoms with Crippen molar-refractivity contribution in [2.45, 2.75) is 12.7 Å². The summed E-state index contributed by atoms with van der Waals surface area (Å²) < 4.78 is 49.1. The van der Waals surface area contributed by atoms with E-state index in [9.17, 15) is 18.0 Å². The quantitative estimate of drug-likeness (QED) is 0.644. The normalized spacial score (nSPS) is 14.0. The Morgan fingerprint density at radius 2 is 2.00 bits per heavy atom. The fourth-order valence-electron chi connectivity index (χ4n) is 2.76. The van der Waals surface area contributed by atoms with Gasteiger partial charge in [0.05, 0.1) is 11.3 Å². The molecule has 4 rings (SSSR count). The number of hydrogen-bond donors (Lipinski definition) is 0. The number of carbonyl (C=O) groups excluding carboxylic acids is 1. The van der Waals surface area contributed by atoms with E-state index in [4.69, 9.17) is 20.9 Å². The highest BCUT2D eigenvalue weighted by Gasteiger charge is 2.31. The number of fused-ring (bicyclic) bond motifs is 1. The number of aromatic nitrogens is 2. The summed E-state index contributed by atoms with van der Waals surface area (Å²) in [5.41, 5.74) is -0.171. The highest BCUT2D eigenvalue weighted by atomic mass is 35.5. The maximum Gasteiger partial charge on any atom is 0.416 e. The third kappa shape index (κ3) is 3.53. The topological polar surface area (TPSA) is 68.5 Å². The van der Waals surface area contributed by atoms with Gasteiger partial charge >= 0.3 is 6.18 Å². The van der Waals surface area contributed by atoms with Crippen LogP contribution in [0.2, 0.25) is 5.02 Å². The summed E-state index contributed by atoms with van der Waals surface area (Å²) in [6.07, 6.45) is -4.48. The molecule has 0 atom stereocenters. The smallest absolute Gasteiger partial charge is 0.416 e. The number of halogens is 4. The van der Waals surface area contributed by atoms with Gasteiger partial charge in [0, 0.05) is 16.7 Å². The van der Waals surface area contributed by atoms with E-state index < -0.39 is 11.7 Å². The number of alkyl halides is 3. The van der Waals surface area contributed by atoms with Crippen molar-refractivity contribution in [1.29, 1.82) is 0 Å². The standard InChI is InChI=1S/C18H11ClF3N3O3/c19-12-4-5-13-14(7-12)27-9-16(26)25(13)8-15-23-17(24-28-15)10-2-1-3-11(6-10)18(20,21)22/h1-7H,8-9H2. The first-order valence-corrected chi connectivity index (χ1v) is 8.42. The maximum absolute atomic E-state index is 12.9. The molecule has 0 unspecified atom stereocenters. The van der Waals surface area contributed by atoms with Crippen LogP contribution in [-0.4, -0.2) is 22.7 Å². The molecule has 0 radical (unpaired) electrons. The van der Waals surface area contributed by atoms with Crippen LogP contribution in [0.5, 0.6) is 5.75 Å². The fraction of sp³-hybridized carbons (Fsp3) is 0.167. The Morgan fingerprint density at radius 3 is 2.79 bits per heavy atom. The largest absolute Gasteiger partial charge is 0.482 e. The van der Waals surface area contributed by atoms with Crippen LogP contribution in [0.25, 0.3) is 11.4 Å². The molecular formula is C18H11ClF3N3O3. The van der Waals surface area contributed by atoms with Crippen molar-refractivity contribution in [2.75, 3.05) is 11.5 Å². The van der Waals surface area contributed by atoms with Gasteiger partial charge in [-0.05, 0) is 24.3 Å². The summed E-state index contributed by atoms with van der Waals surface area (Å²) in [4.78, 5) is 17.7. The molecule has 1 aliphatic heterocycles. The van der Waals surface area contributed by atoms with Crippen molar-refractivity contribution in [3.05, 3.63) is 58.9 Å². The van der Waals surface area contributed by atoms with Gasteiger partial charge < -0.3 is 9.26 Å². The molecule has 0 saturated carbocycles. The van der Waals surface area contributed by atoms with Crippen LogP contribution in [0.15, 0.2) is 47.0 Å². The van der Waals surface area contributed by atoms with E-state index in [1.54, 1.807) is 18.2 Å². The monoisotopic (exact) mass is 409 g/mol. The summed E-state index contributed by atoms with van der Waals surface area (Å²) in [6.45, 7) is -0.231. The Hall–Kier alpha value is -3.07. The Bertz CT molecular complexity index is 1050. The van der Waals surface area contributed by atoms with Gasteiger partial charge in [-0.1, -0.05) is 28.9 Å². The first-order chi connectivity index (χ1) is 13.3. The molecule has 10 heteroatoms. The van der Waals surface area contributed by atoms with Crippen LogP contribution in [0, 0.1) is 0 Å². The van der Waals surface area contributed by atoms with E-state index in [2.05, 4.69) is 10.1 Å². The molecule has 2 heterocycles. The molecule has 0 bridgehead atoms. The minimum atomic E-state index is -4.48. The van der Waals surface area contributed by atoms with Crippen molar-refractivity contribution < 1.29 is 27.2 Å². The Balaban J connectivity index is 1.60. The second kappa shape index (κ2) is 6.83. The second-order valence-corrected chi connectivity index (χ2v) is 6.41. The van der Waals surface area contributed by atoms with E-state index in [1.807, 2.05) is 0 Å². The third-order valence-electron chi connectivity index (χ3n) is 4.07. The van der Waals surface area contributed by atoms with E-state index in [0.29, 0.717) is 16.5 Å². The van der Waals surface area contributed by atoms with Gasteiger partial charge in [-0.25, -0.2) is 0 Å². The summed E-state index contributed by atoms with van der Waals surface area (Å²) in [5, 5.41) is 4.18. The molecule has 3 aromatic rings. The minimum absolute atomic E-state index is 0.00172. The zero-order valence-electron chi connectivity index (χ0n) is 14.0. The molecule has 0 N–H and O–H groups in total. The number of amides is 1. The number of anilines is 1. The molecule has 1 aliphatic rings. The van der Waals surface area contributed by atoms with Crippen molar-refractivity contribution in [3.8, 4) is 17.1 Å². The molecule has 28 heavy (non-hydrogen) atoms. The van der Waals surface area contributed by atoms with Crippen molar-refractivity contribution in [3.63, 3.8) is 0 Å². The van der Waals surface area contributed by atoms with E-state index >= 15 is 0 Å². The van der Waals surface area contributed by atoms with Crippen LogP contribution in [0.1, 0.15) is 11.5 Å². The van der Waals surface area contributed by atoms with Gasteiger partial charge in [-0.3, -0.25) is 9.69 Å². The molecule has 0 saturated heterocycles. The SMILES string of the molecule is O=C1COc2cc(Cl)ccc2N1Cc1nc(-c2cccc(C(F)(F)F)c2)no1. The molecule has 1 amide bonds. The molecular weight excluding hydrogens is 399 g/mol. The molecule has 2 aromatic carbocycles. The van der Waals surface area contributed by atoms with Gasteiger partial charge in [0.2, 0.25) is 11.7 Å². The number of nitrogens with zero attached hydrogens (tertiary/aromatic N) is 3. The molecule has 1 aromatic heterocycles. The number of hydrogen-bond acceptors (Lipinski definition) is 5. The van der Waals surface area contributed by atoms with Crippen LogP contribution < -0.4 is 9.64 Å². The number of ether oxygens (including phenoxy) is 1.